The number of thiocarbonyl (C=S) groups is 1. The summed E-state index contributed by atoms with van der Waals surface area (Å²) in [5.41, 5.74) is 5.08. The number of halogens is 1. The van der Waals surface area contributed by atoms with E-state index >= 15 is 0 Å². The van der Waals surface area contributed by atoms with Crippen molar-refractivity contribution in [1.82, 2.24) is 14.9 Å². The summed E-state index contributed by atoms with van der Waals surface area (Å²) in [6.45, 7) is 2.02. The average molecular weight is 475 g/mol. The molecular weight excluding hydrogens is 452 g/mol. The van der Waals surface area contributed by atoms with Crippen molar-refractivity contribution in [3.05, 3.63) is 107 Å². The highest BCUT2D eigenvalue weighted by atomic mass is 35.5. The number of hydrogen-bond donors (Lipinski definition) is 1. The number of nitrogens with one attached hydrogen (secondary N) is 1. The van der Waals surface area contributed by atoms with E-state index in [1.807, 2.05) is 67.7 Å². The molecule has 1 fully saturated rings. The molecule has 0 aliphatic carbocycles. The molecule has 1 N–H and O–H groups in total. The molecule has 2 atom stereocenters. The number of hydrogen-bond acceptors (Lipinski definition) is 3. The van der Waals surface area contributed by atoms with Gasteiger partial charge in [-0.1, -0.05) is 17.7 Å². The molecule has 1 saturated heterocycles. The van der Waals surface area contributed by atoms with Gasteiger partial charge in [0.2, 0.25) is 0 Å². The van der Waals surface area contributed by atoms with Gasteiger partial charge in [0, 0.05) is 34.5 Å². The number of nitrogens with zero attached hydrogens (tertiary/aromatic N) is 3. The van der Waals surface area contributed by atoms with E-state index in [0.29, 0.717) is 5.11 Å². The third-order valence-electron chi connectivity index (χ3n) is 5.95. The van der Waals surface area contributed by atoms with Crippen LogP contribution < -0.4 is 15.0 Å². The smallest absolute Gasteiger partial charge is 0.174 e. The second kappa shape index (κ2) is 8.89. The number of anilines is 1. The zero-order chi connectivity index (χ0) is 22.9. The van der Waals surface area contributed by atoms with Crippen molar-refractivity contribution in [1.29, 1.82) is 0 Å². The number of benzene rings is 2. The van der Waals surface area contributed by atoms with Crippen LogP contribution in [-0.2, 0) is 0 Å². The first-order valence-electron chi connectivity index (χ1n) is 10.7. The lowest BCUT2D eigenvalue weighted by Crippen LogP contribution is -2.30. The zero-order valence-corrected chi connectivity index (χ0v) is 19.8. The molecule has 166 valence electrons. The Hall–Kier alpha value is -3.35. The number of pyridine rings is 1. The lowest BCUT2D eigenvalue weighted by molar-refractivity contribution is 0.415. The first-order chi connectivity index (χ1) is 16.1. The average Bonchev–Trinajstić information content (AvgIpc) is 3.46. The summed E-state index contributed by atoms with van der Waals surface area (Å²) in [6.07, 6.45) is 3.88. The third kappa shape index (κ3) is 3.96. The number of rotatable bonds is 5. The number of methoxy groups -OCH3 is 1. The molecule has 2 aromatic heterocycles. The SMILES string of the molecule is COc1ccc(N2C(=S)N[C@@H](c3ccccn3)[C@H]2c2cccn2-c2ccc(Cl)c(C)c2)cc1. The van der Waals surface area contributed by atoms with Gasteiger partial charge in [0.25, 0.3) is 0 Å². The molecular formula is C26H23ClN4OS. The lowest BCUT2D eigenvalue weighted by atomic mass is 10.0. The van der Waals surface area contributed by atoms with E-state index in [1.54, 1.807) is 7.11 Å². The monoisotopic (exact) mass is 474 g/mol. The molecule has 0 bridgehead atoms. The second-order valence-corrected chi connectivity index (χ2v) is 8.73. The van der Waals surface area contributed by atoms with Gasteiger partial charge >= 0.3 is 0 Å². The van der Waals surface area contributed by atoms with Gasteiger partial charge in [0.05, 0.1) is 18.8 Å². The van der Waals surface area contributed by atoms with Gasteiger partial charge in [-0.25, -0.2) is 0 Å². The molecule has 0 spiro atoms. The van der Waals surface area contributed by atoms with Crippen LogP contribution in [0.15, 0.2) is 85.2 Å². The van der Waals surface area contributed by atoms with Crippen molar-refractivity contribution in [3.8, 4) is 11.4 Å². The van der Waals surface area contributed by atoms with Gasteiger partial charge in [-0.15, -0.1) is 0 Å². The molecule has 33 heavy (non-hydrogen) atoms. The van der Waals surface area contributed by atoms with Crippen LogP contribution in [0.5, 0.6) is 5.75 Å². The van der Waals surface area contributed by atoms with Gasteiger partial charge in [-0.3, -0.25) is 4.98 Å². The molecule has 1 aliphatic rings. The minimum atomic E-state index is -0.122. The predicted molar refractivity (Wildman–Crippen MR) is 136 cm³/mol. The summed E-state index contributed by atoms with van der Waals surface area (Å²) in [5, 5.41) is 4.92. The van der Waals surface area contributed by atoms with Gasteiger partial charge in [0.15, 0.2) is 5.11 Å². The molecule has 5 nitrogen and oxygen atoms in total. The van der Waals surface area contributed by atoms with Crippen LogP contribution in [0.25, 0.3) is 5.69 Å². The topological polar surface area (TPSA) is 42.3 Å². The Bertz CT molecular complexity index is 1290. The predicted octanol–water partition coefficient (Wildman–Crippen LogP) is 6.02. The Labute approximate surface area is 203 Å². The maximum absolute atomic E-state index is 6.30. The zero-order valence-electron chi connectivity index (χ0n) is 18.3. The van der Waals surface area contributed by atoms with E-state index in [4.69, 9.17) is 28.6 Å². The van der Waals surface area contributed by atoms with E-state index in [1.165, 1.54) is 0 Å². The Balaban J connectivity index is 1.65. The van der Waals surface area contributed by atoms with Crippen LogP contribution >= 0.6 is 23.8 Å². The van der Waals surface area contributed by atoms with Crippen LogP contribution in [0.3, 0.4) is 0 Å². The van der Waals surface area contributed by atoms with E-state index in [-0.39, 0.29) is 12.1 Å². The Morgan fingerprint density at radius 1 is 1.00 bits per heavy atom. The minimum Gasteiger partial charge on any atom is -0.497 e. The molecule has 7 heteroatoms. The molecule has 2 aromatic carbocycles. The highest BCUT2D eigenvalue weighted by Gasteiger charge is 2.42. The maximum Gasteiger partial charge on any atom is 0.174 e. The Morgan fingerprint density at radius 3 is 2.48 bits per heavy atom. The summed E-state index contributed by atoms with van der Waals surface area (Å²) in [6, 6.07) is 23.9. The molecule has 0 unspecified atom stereocenters. The first kappa shape index (κ1) is 21.5. The number of ether oxygens (including phenoxy) is 1. The molecule has 0 saturated carbocycles. The van der Waals surface area contributed by atoms with Crippen molar-refractivity contribution in [2.75, 3.05) is 12.0 Å². The molecule has 0 amide bonds. The van der Waals surface area contributed by atoms with Crippen LogP contribution in [0.4, 0.5) is 5.69 Å². The van der Waals surface area contributed by atoms with Crippen molar-refractivity contribution in [3.63, 3.8) is 0 Å². The number of aryl methyl sites for hydroxylation is 1. The molecule has 5 rings (SSSR count). The molecule has 3 heterocycles. The Kier molecular flexibility index (Phi) is 5.79. The van der Waals surface area contributed by atoms with Crippen molar-refractivity contribution in [2.45, 2.75) is 19.0 Å². The van der Waals surface area contributed by atoms with Crippen LogP contribution in [0, 0.1) is 6.92 Å². The van der Waals surface area contributed by atoms with Crippen molar-refractivity contribution < 1.29 is 4.74 Å². The molecule has 0 radical (unpaired) electrons. The summed E-state index contributed by atoms with van der Waals surface area (Å²) in [4.78, 5) is 6.80. The van der Waals surface area contributed by atoms with Gasteiger partial charge in [-0.05, 0) is 91.4 Å². The van der Waals surface area contributed by atoms with Gasteiger partial charge in [0.1, 0.15) is 11.8 Å². The summed E-state index contributed by atoms with van der Waals surface area (Å²) >= 11 is 12.1. The quantitative estimate of drug-likeness (QED) is 0.358. The fourth-order valence-electron chi connectivity index (χ4n) is 4.33. The Morgan fingerprint density at radius 2 is 1.79 bits per heavy atom. The fourth-order valence-corrected chi connectivity index (χ4v) is 4.79. The minimum absolute atomic E-state index is 0.119. The summed E-state index contributed by atoms with van der Waals surface area (Å²) in [5.74, 6) is 0.801. The number of aromatic nitrogens is 2. The van der Waals surface area contributed by atoms with E-state index < -0.39 is 0 Å². The van der Waals surface area contributed by atoms with E-state index in [9.17, 15) is 0 Å². The van der Waals surface area contributed by atoms with Gasteiger partial charge < -0.3 is 19.5 Å². The van der Waals surface area contributed by atoms with Crippen molar-refractivity contribution >= 4 is 34.6 Å². The van der Waals surface area contributed by atoms with Crippen LogP contribution in [-0.4, -0.2) is 21.8 Å². The first-order valence-corrected chi connectivity index (χ1v) is 11.4. The highest BCUT2D eigenvalue weighted by molar-refractivity contribution is 7.80. The van der Waals surface area contributed by atoms with E-state index in [0.717, 1.165) is 39.1 Å². The van der Waals surface area contributed by atoms with E-state index in [2.05, 4.69) is 44.2 Å². The summed E-state index contributed by atoms with van der Waals surface area (Å²) in [7, 11) is 1.66. The van der Waals surface area contributed by atoms with Gasteiger partial charge in [-0.2, -0.15) is 0 Å². The normalized spacial score (nSPS) is 17.8. The highest BCUT2D eigenvalue weighted by Crippen LogP contribution is 2.42. The molecule has 1 aliphatic heterocycles. The maximum atomic E-state index is 6.30. The summed E-state index contributed by atoms with van der Waals surface area (Å²) < 4.78 is 7.54. The van der Waals surface area contributed by atoms with Crippen LogP contribution in [0.2, 0.25) is 5.02 Å². The third-order valence-corrected chi connectivity index (χ3v) is 6.69. The lowest BCUT2D eigenvalue weighted by Gasteiger charge is -2.29. The fraction of sp³-hybridized carbons (Fsp3) is 0.154. The molecule has 4 aromatic rings. The van der Waals surface area contributed by atoms with Crippen molar-refractivity contribution in [2.24, 2.45) is 0 Å². The second-order valence-electron chi connectivity index (χ2n) is 7.93. The largest absolute Gasteiger partial charge is 0.497 e. The van der Waals surface area contributed by atoms with Crippen LogP contribution in [0.1, 0.15) is 29.0 Å². The standard InChI is InChI=1S/C26H23ClN4OS/c1-17-16-19(10-13-21(17)27)30-15-5-7-23(30)25-24(22-6-3-4-14-28-22)29-26(33)31(25)18-8-11-20(32-2)12-9-18/h3-16,24-25H,1-2H3,(H,29,33)/t24-,25+/m0/s1.